The quantitative estimate of drug-likeness (QED) is 0.822. The van der Waals surface area contributed by atoms with E-state index in [2.05, 4.69) is 28.7 Å². The van der Waals surface area contributed by atoms with Crippen LogP contribution in [0.15, 0.2) is 42.5 Å². The van der Waals surface area contributed by atoms with Gasteiger partial charge in [-0.05, 0) is 58.8 Å². The van der Waals surface area contributed by atoms with E-state index in [1.54, 1.807) is 18.2 Å². The van der Waals surface area contributed by atoms with Crippen LogP contribution in [0.2, 0.25) is 0 Å². The number of fused-ring (bicyclic) bond motifs is 1. The molecule has 0 radical (unpaired) electrons. The highest BCUT2D eigenvalue weighted by Crippen LogP contribution is 2.30. The SMILES string of the molecule is Oc1ccc(OC2CCc3ccccc3O2)cc1I. The van der Waals surface area contributed by atoms with Crippen LogP contribution in [0.5, 0.6) is 17.2 Å². The number of rotatable bonds is 2. The van der Waals surface area contributed by atoms with E-state index in [0.29, 0.717) is 5.75 Å². The Bertz CT molecular complexity index is 598. The summed E-state index contributed by atoms with van der Waals surface area (Å²) in [5.41, 5.74) is 1.22. The average Bonchev–Trinajstić information content (AvgIpc) is 2.43. The Morgan fingerprint density at radius 3 is 2.89 bits per heavy atom. The normalized spacial score (nSPS) is 17.4. The van der Waals surface area contributed by atoms with Gasteiger partial charge in [-0.25, -0.2) is 0 Å². The van der Waals surface area contributed by atoms with E-state index in [9.17, 15) is 5.11 Å². The van der Waals surface area contributed by atoms with Crippen LogP contribution in [0.25, 0.3) is 0 Å². The minimum Gasteiger partial charge on any atom is -0.507 e. The van der Waals surface area contributed by atoms with Crippen molar-refractivity contribution >= 4 is 22.6 Å². The standard InChI is InChI=1S/C15H13IO3/c16-12-9-11(6-7-13(12)17)18-15-8-5-10-3-1-2-4-14(10)19-15/h1-4,6-7,9,15,17H,5,8H2. The zero-order valence-corrected chi connectivity index (χ0v) is 12.3. The lowest BCUT2D eigenvalue weighted by molar-refractivity contribution is -0.00987. The number of ether oxygens (including phenoxy) is 2. The third kappa shape index (κ3) is 2.78. The highest BCUT2D eigenvalue weighted by Gasteiger charge is 2.20. The molecule has 2 aromatic rings. The van der Waals surface area contributed by atoms with Crippen LogP contribution in [0.1, 0.15) is 12.0 Å². The molecule has 0 saturated carbocycles. The summed E-state index contributed by atoms with van der Waals surface area (Å²) in [6.07, 6.45) is 1.51. The molecule has 0 spiro atoms. The third-order valence-corrected chi connectivity index (χ3v) is 3.93. The number of halogens is 1. The van der Waals surface area contributed by atoms with Gasteiger partial charge in [-0.2, -0.15) is 0 Å². The minimum atomic E-state index is -0.268. The molecule has 1 aliphatic heterocycles. The lowest BCUT2D eigenvalue weighted by Crippen LogP contribution is -2.28. The summed E-state index contributed by atoms with van der Waals surface area (Å²) in [4.78, 5) is 0. The molecule has 98 valence electrons. The highest BCUT2D eigenvalue weighted by atomic mass is 127. The molecule has 2 aromatic carbocycles. The molecule has 3 nitrogen and oxygen atoms in total. The maximum Gasteiger partial charge on any atom is 0.241 e. The maximum absolute atomic E-state index is 9.49. The Hall–Kier alpha value is -1.43. The molecule has 1 aliphatic rings. The van der Waals surface area contributed by atoms with Gasteiger partial charge < -0.3 is 14.6 Å². The topological polar surface area (TPSA) is 38.7 Å². The van der Waals surface area contributed by atoms with Crippen molar-refractivity contribution in [2.24, 2.45) is 0 Å². The average molecular weight is 368 g/mol. The van der Waals surface area contributed by atoms with E-state index in [1.165, 1.54) is 5.56 Å². The minimum absolute atomic E-state index is 0.267. The van der Waals surface area contributed by atoms with Crippen molar-refractivity contribution < 1.29 is 14.6 Å². The van der Waals surface area contributed by atoms with Crippen molar-refractivity contribution in [3.63, 3.8) is 0 Å². The van der Waals surface area contributed by atoms with E-state index in [4.69, 9.17) is 9.47 Å². The fourth-order valence-electron chi connectivity index (χ4n) is 2.09. The van der Waals surface area contributed by atoms with Crippen LogP contribution < -0.4 is 9.47 Å². The smallest absolute Gasteiger partial charge is 0.241 e. The number of aromatic hydroxyl groups is 1. The molecule has 0 saturated heterocycles. The zero-order chi connectivity index (χ0) is 13.2. The molecule has 19 heavy (non-hydrogen) atoms. The van der Waals surface area contributed by atoms with Gasteiger partial charge in [-0.15, -0.1) is 0 Å². The Balaban J connectivity index is 1.73. The summed E-state index contributed by atoms with van der Waals surface area (Å²) in [5.74, 6) is 1.88. The first kappa shape index (κ1) is 12.6. The predicted molar refractivity (Wildman–Crippen MR) is 80.6 cm³/mol. The number of phenols is 1. The molecule has 0 bridgehead atoms. The first-order chi connectivity index (χ1) is 9.22. The number of phenolic OH excluding ortho intramolecular Hbond substituents is 1. The van der Waals surface area contributed by atoms with Gasteiger partial charge in [0.2, 0.25) is 6.29 Å². The van der Waals surface area contributed by atoms with Crippen molar-refractivity contribution in [1.29, 1.82) is 0 Å². The summed E-state index contributed by atoms with van der Waals surface area (Å²) in [5, 5.41) is 9.49. The number of hydrogen-bond acceptors (Lipinski definition) is 3. The fourth-order valence-corrected chi connectivity index (χ4v) is 2.58. The third-order valence-electron chi connectivity index (χ3n) is 3.07. The summed E-state index contributed by atoms with van der Waals surface area (Å²) in [7, 11) is 0. The number of benzene rings is 2. The van der Waals surface area contributed by atoms with Crippen LogP contribution in [0.3, 0.4) is 0 Å². The fraction of sp³-hybridized carbons (Fsp3) is 0.200. The molecule has 1 heterocycles. The van der Waals surface area contributed by atoms with E-state index in [-0.39, 0.29) is 12.0 Å². The largest absolute Gasteiger partial charge is 0.507 e. The van der Waals surface area contributed by atoms with Crippen LogP contribution in [0.4, 0.5) is 0 Å². The van der Waals surface area contributed by atoms with Gasteiger partial charge in [0, 0.05) is 6.42 Å². The van der Waals surface area contributed by atoms with Gasteiger partial charge in [0.25, 0.3) is 0 Å². The first-order valence-corrected chi connectivity index (χ1v) is 7.20. The molecule has 0 amide bonds. The second-order valence-electron chi connectivity index (χ2n) is 4.42. The van der Waals surface area contributed by atoms with Crippen molar-refractivity contribution in [2.45, 2.75) is 19.1 Å². The van der Waals surface area contributed by atoms with Crippen LogP contribution in [-0.2, 0) is 6.42 Å². The molecular formula is C15H13IO3. The Morgan fingerprint density at radius 2 is 2.05 bits per heavy atom. The van der Waals surface area contributed by atoms with Gasteiger partial charge in [0.05, 0.1) is 3.57 Å². The van der Waals surface area contributed by atoms with Crippen molar-refractivity contribution in [3.8, 4) is 17.2 Å². The monoisotopic (exact) mass is 368 g/mol. The number of hydrogen-bond donors (Lipinski definition) is 1. The highest BCUT2D eigenvalue weighted by molar-refractivity contribution is 14.1. The Morgan fingerprint density at radius 1 is 1.21 bits per heavy atom. The number of para-hydroxylation sites is 1. The second-order valence-corrected chi connectivity index (χ2v) is 5.59. The van der Waals surface area contributed by atoms with Crippen molar-refractivity contribution in [2.75, 3.05) is 0 Å². The lowest BCUT2D eigenvalue weighted by atomic mass is 10.1. The Kier molecular flexibility index (Phi) is 3.50. The van der Waals surface area contributed by atoms with E-state index in [0.717, 1.165) is 22.2 Å². The van der Waals surface area contributed by atoms with Gasteiger partial charge in [-0.3, -0.25) is 0 Å². The van der Waals surface area contributed by atoms with Crippen LogP contribution in [-0.4, -0.2) is 11.4 Å². The predicted octanol–water partition coefficient (Wildman–Crippen LogP) is 3.73. The molecular weight excluding hydrogens is 355 g/mol. The summed E-state index contributed by atoms with van der Waals surface area (Å²) in [6, 6.07) is 13.2. The molecule has 1 N–H and O–H groups in total. The Labute approximate surface area is 125 Å². The maximum atomic E-state index is 9.49. The zero-order valence-electron chi connectivity index (χ0n) is 10.2. The van der Waals surface area contributed by atoms with Crippen LogP contribution in [0, 0.1) is 3.57 Å². The van der Waals surface area contributed by atoms with Crippen LogP contribution >= 0.6 is 22.6 Å². The molecule has 1 atom stereocenters. The molecule has 0 fully saturated rings. The van der Waals surface area contributed by atoms with E-state index >= 15 is 0 Å². The molecule has 4 heteroatoms. The second kappa shape index (κ2) is 5.28. The summed E-state index contributed by atoms with van der Waals surface area (Å²) >= 11 is 2.07. The van der Waals surface area contributed by atoms with Gasteiger partial charge in [0.1, 0.15) is 17.2 Å². The van der Waals surface area contributed by atoms with Gasteiger partial charge >= 0.3 is 0 Å². The molecule has 0 aromatic heterocycles. The van der Waals surface area contributed by atoms with E-state index in [1.807, 2.05) is 18.2 Å². The summed E-state index contributed by atoms with van der Waals surface area (Å²) < 4.78 is 12.4. The first-order valence-electron chi connectivity index (χ1n) is 6.12. The molecule has 0 aliphatic carbocycles. The van der Waals surface area contributed by atoms with Crippen molar-refractivity contribution in [1.82, 2.24) is 0 Å². The lowest BCUT2D eigenvalue weighted by Gasteiger charge is -2.26. The molecule has 3 rings (SSSR count). The van der Waals surface area contributed by atoms with E-state index < -0.39 is 0 Å². The summed E-state index contributed by atoms with van der Waals surface area (Å²) in [6.45, 7) is 0. The van der Waals surface area contributed by atoms with Crippen molar-refractivity contribution in [3.05, 3.63) is 51.6 Å². The number of aryl methyl sites for hydroxylation is 1. The van der Waals surface area contributed by atoms with Gasteiger partial charge in [-0.1, -0.05) is 18.2 Å². The molecule has 1 unspecified atom stereocenters. The van der Waals surface area contributed by atoms with Gasteiger partial charge in [0.15, 0.2) is 0 Å².